The lowest BCUT2D eigenvalue weighted by molar-refractivity contribution is 0.257. The van der Waals surface area contributed by atoms with Crippen LogP contribution in [-0.4, -0.2) is 12.6 Å². The molecule has 0 saturated carbocycles. The summed E-state index contributed by atoms with van der Waals surface area (Å²) >= 11 is 0. The molecular formula is C16H18FN3O. The van der Waals surface area contributed by atoms with Crippen molar-refractivity contribution in [2.75, 3.05) is 16.8 Å². The van der Waals surface area contributed by atoms with Crippen LogP contribution in [0, 0.1) is 5.82 Å². The number of nitrogens with zero attached hydrogens (tertiary/aromatic N) is 1. The molecule has 21 heavy (non-hydrogen) atoms. The average molecular weight is 287 g/mol. The van der Waals surface area contributed by atoms with E-state index in [9.17, 15) is 9.18 Å². The Balaban J connectivity index is 2.12. The van der Waals surface area contributed by atoms with E-state index in [1.807, 2.05) is 31.2 Å². The number of halogens is 1. The number of benzene rings is 2. The molecule has 0 bridgehead atoms. The van der Waals surface area contributed by atoms with Gasteiger partial charge in [0.1, 0.15) is 5.82 Å². The number of carbonyl (C=O) groups excluding carboxylic acids is 1. The molecule has 4 nitrogen and oxygen atoms in total. The summed E-state index contributed by atoms with van der Waals surface area (Å²) in [5.74, 6) is -0.335. The second-order valence-corrected chi connectivity index (χ2v) is 4.55. The van der Waals surface area contributed by atoms with Crippen LogP contribution in [0.3, 0.4) is 0 Å². The molecule has 3 N–H and O–H groups in total. The first kappa shape index (κ1) is 15.0. The highest BCUT2D eigenvalue weighted by molar-refractivity contribution is 6.01. The first-order valence-electron chi connectivity index (χ1n) is 6.77. The van der Waals surface area contributed by atoms with Crippen LogP contribution in [0.4, 0.5) is 20.6 Å². The van der Waals surface area contributed by atoms with Gasteiger partial charge in [-0.15, -0.1) is 0 Å². The number of hydrogen-bond acceptors (Lipinski definition) is 2. The average Bonchev–Trinajstić information content (AvgIpc) is 2.51. The maximum absolute atomic E-state index is 12.9. The van der Waals surface area contributed by atoms with Crippen LogP contribution in [0.25, 0.3) is 0 Å². The van der Waals surface area contributed by atoms with Gasteiger partial charge < -0.3 is 11.1 Å². The molecule has 0 aliphatic rings. The molecule has 0 unspecified atom stereocenters. The summed E-state index contributed by atoms with van der Waals surface area (Å²) in [7, 11) is 0. The fourth-order valence-corrected chi connectivity index (χ4v) is 1.98. The number of anilines is 2. The third kappa shape index (κ3) is 3.79. The van der Waals surface area contributed by atoms with Crippen molar-refractivity contribution in [3.63, 3.8) is 0 Å². The van der Waals surface area contributed by atoms with Crippen molar-refractivity contribution in [1.29, 1.82) is 0 Å². The second kappa shape index (κ2) is 6.85. The Morgan fingerprint density at radius 2 is 1.76 bits per heavy atom. The van der Waals surface area contributed by atoms with Gasteiger partial charge in [0, 0.05) is 24.5 Å². The Kier molecular flexibility index (Phi) is 4.90. The van der Waals surface area contributed by atoms with E-state index in [1.54, 1.807) is 4.90 Å². The van der Waals surface area contributed by atoms with Crippen LogP contribution in [0.5, 0.6) is 0 Å². The van der Waals surface area contributed by atoms with Crippen LogP contribution in [0.1, 0.15) is 12.5 Å². The lowest BCUT2D eigenvalue weighted by Gasteiger charge is -2.21. The predicted molar refractivity (Wildman–Crippen MR) is 82.8 cm³/mol. The molecule has 0 aliphatic heterocycles. The second-order valence-electron chi connectivity index (χ2n) is 4.55. The monoisotopic (exact) mass is 287 g/mol. The zero-order valence-electron chi connectivity index (χ0n) is 11.8. The van der Waals surface area contributed by atoms with Gasteiger partial charge in [-0.3, -0.25) is 4.90 Å². The van der Waals surface area contributed by atoms with Gasteiger partial charge in [0.05, 0.1) is 0 Å². The molecule has 2 aromatic rings. The van der Waals surface area contributed by atoms with E-state index in [1.165, 1.54) is 24.3 Å². The van der Waals surface area contributed by atoms with E-state index in [2.05, 4.69) is 5.32 Å². The van der Waals surface area contributed by atoms with Crippen LogP contribution in [-0.2, 0) is 6.54 Å². The topological polar surface area (TPSA) is 58.4 Å². The summed E-state index contributed by atoms with van der Waals surface area (Å²) in [5, 5.41) is 2.74. The Labute approximate surface area is 123 Å². The first-order valence-corrected chi connectivity index (χ1v) is 6.77. The van der Waals surface area contributed by atoms with Crippen molar-refractivity contribution in [3.05, 3.63) is 59.9 Å². The Morgan fingerprint density at radius 3 is 2.29 bits per heavy atom. The summed E-state index contributed by atoms with van der Waals surface area (Å²) in [4.78, 5) is 13.9. The zero-order valence-corrected chi connectivity index (χ0v) is 11.8. The third-order valence-corrected chi connectivity index (χ3v) is 3.14. The van der Waals surface area contributed by atoms with Crippen molar-refractivity contribution < 1.29 is 9.18 Å². The third-order valence-electron chi connectivity index (χ3n) is 3.14. The van der Waals surface area contributed by atoms with Crippen molar-refractivity contribution in [2.45, 2.75) is 13.5 Å². The molecule has 0 saturated heterocycles. The zero-order chi connectivity index (χ0) is 15.2. The SMILES string of the molecule is CCN(C(=O)Nc1ccc(F)cc1)c1ccc(CN)cc1. The molecule has 2 amide bonds. The van der Waals surface area contributed by atoms with Gasteiger partial charge in [0.25, 0.3) is 0 Å². The quantitative estimate of drug-likeness (QED) is 0.906. The minimum absolute atomic E-state index is 0.260. The number of rotatable bonds is 4. The van der Waals surface area contributed by atoms with Gasteiger partial charge in [-0.1, -0.05) is 12.1 Å². The standard InChI is InChI=1S/C16H18FN3O/c1-2-20(15-9-3-12(11-18)4-10-15)16(21)19-14-7-5-13(17)6-8-14/h3-10H,2,11,18H2,1H3,(H,19,21). The number of nitrogens with one attached hydrogen (secondary N) is 1. The molecule has 0 aromatic heterocycles. The Hall–Kier alpha value is -2.40. The van der Waals surface area contributed by atoms with Gasteiger partial charge in [0.2, 0.25) is 0 Å². The highest BCUT2D eigenvalue weighted by Gasteiger charge is 2.13. The fourth-order valence-electron chi connectivity index (χ4n) is 1.98. The Bertz CT molecular complexity index is 596. The van der Waals surface area contributed by atoms with E-state index in [-0.39, 0.29) is 11.8 Å². The van der Waals surface area contributed by atoms with E-state index < -0.39 is 0 Å². The van der Waals surface area contributed by atoms with Crippen LogP contribution >= 0.6 is 0 Å². The van der Waals surface area contributed by atoms with Crippen molar-refractivity contribution in [1.82, 2.24) is 0 Å². The van der Waals surface area contributed by atoms with Crippen LogP contribution in [0.2, 0.25) is 0 Å². The summed E-state index contributed by atoms with van der Waals surface area (Å²) in [6.45, 7) is 2.88. The fraction of sp³-hybridized carbons (Fsp3) is 0.188. The van der Waals surface area contributed by atoms with Gasteiger partial charge in [-0.05, 0) is 48.9 Å². The van der Waals surface area contributed by atoms with Gasteiger partial charge >= 0.3 is 6.03 Å². The number of nitrogens with two attached hydrogens (primary N) is 1. The highest BCUT2D eigenvalue weighted by Crippen LogP contribution is 2.17. The normalized spacial score (nSPS) is 10.2. The Morgan fingerprint density at radius 1 is 1.14 bits per heavy atom. The van der Waals surface area contributed by atoms with E-state index in [0.29, 0.717) is 18.8 Å². The highest BCUT2D eigenvalue weighted by atomic mass is 19.1. The molecule has 0 radical (unpaired) electrons. The molecule has 110 valence electrons. The number of amides is 2. The summed E-state index contributed by atoms with van der Waals surface area (Å²) in [5.41, 5.74) is 7.91. The molecule has 2 aromatic carbocycles. The summed E-state index contributed by atoms with van der Waals surface area (Å²) in [6, 6.07) is 12.9. The van der Waals surface area contributed by atoms with Gasteiger partial charge in [-0.2, -0.15) is 0 Å². The molecule has 0 atom stereocenters. The number of urea groups is 1. The first-order chi connectivity index (χ1) is 10.1. The van der Waals surface area contributed by atoms with Crippen LogP contribution < -0.4 is 16.0 Å². The molecule has 0 fully saturated rings. The summed E-state index contributed by atoms with van der Waals surface area (Å²) < 4.78 is 12.9. The smallest absolute Gasteiger partial charge is 0.326 e. The minimum Gasteiger partial charge on any atom is -0.326 e. The van der Waals surface area contributed by atoms with Gasteiger partial charge in [0.15, 0.2) is 0 Å². The van der Waals surface area contributed by atoms with E-state index >= 15 is 0 Å². The number of hydrogen-bond donors (Lipinski definition) is 2. The predicted octanol–water partition coefficient (Wildman–Crippen LogP) is 3.34. The maximum atomic E-state index is 12.9. The van der Waals surface area contributed by atoms with Crippen molar-refractivity contribution in [3.8, 4) is 0 Å². The van der Waals surface area contributed by atoms with Crippen molar-refractivity contribution >= 4 is 17.4 Å². The molecule has 0 heterocycles. The molecule has 5 heteroatoms. The number of carbonyl (C=O) groups is 1. The lowest BCUT2D eigenvalue weighted by atomic mass is 10.2. The van der Waals surface area contributed by atoms with E-state index in [0.717, 1.165) is 11.3 Å². The minimum atomic E-state index is -0.335. The molecule has 2 rings (SSSR count). The molecular weight excluding hydrogens is 269 g/mol. The maximum Gasteiger partial charge on any atom is 0.326 e. The van der Waals surface area contributed by atoms with E-state index in [4.69, 9.17) is 5.73 Å². The largest absolute Gasteiger partial charge is 0.326 e. The van der Waals surface area contributed by atoms with Crippen LogP contribution in [0.15, 0.2) is 48.5 Å². The van der Waals surface area contributed by atoms with Gasteiger partial charge in [-0.25, -0.2) is 9.18 Å². The lowest BCUT2D eigenvalue weighted by Crippen LogP contribution is -2.34. The molecule has 0 spiro atoms. The summed E-state index contributed by atoms with van der Waals surface area (Å²) in [6.07, 6.45) is 0. The van der Waals surface area contributed by atoms with Crippen molar-refractivity contribution in [2.24, 2.45) is 5.73 Å². The molecule has 0 aliphatic carbocycles.